The van der Waals surface area contributed by atoms with Crippen LogP contribution in [0.2, 0.25) is 5.15 Å². The Morgan fingerprint density at radius 2 is 2.00 bits per heavy atom. The number of allylic oxidation sites excluding steroid dienone is 1. The number of fused-ring (bicyclic) bond motifs is 1. The zero-order valence-electron chi connectivity index (χ0n) is 19.3. The number of morpholine rings is 1. The van der Waals surface area contributed by atoms with Crippen LogP contribution in [-0.4, -0.2) is 64.6 Å². The largest absolute Gasteiger partial charge is 0.377 e. The van der Waals surface area contributed by atoms with Crippen molar-refractivity contribution in [3.63, 3.8) is 0 Å². The molecule has 2 aromatic rings. The zero-order chi connectivity index (χ0) is 22.9. The first-order chi connectivity index (χ1) is 16.0. The summed E-state index contributed by atoms with van der Waals surface area (Å²) in [6.45, 7) is 7.82. The number of aromatic nitrogens is 3. The summed E-state index contributed by atoms with van der Waals surface area (Å²) >= 11 is 6.38. The van der Waals surface area contributed by atoms with Crippen LogP contribution in [-0.2, 0) is 16.0 Å². The molecule has 4 heterocycles. The predicted molar refractivity (Wildman–Crippen MR) is 129 cm³/mol. The maximum Gasteiger partial charge on any atom is 0.222 e. The second kappa shape index (κ2) is 9.39. The number of rotatable bonds is 4. The quantitative estimate of drug-likeness (QED) is 0.630. The maximum atomic E-state index is 12.1. The predicted octanol–water partition coefficient (Wildman–Crippen LogP) is 4.10. The molecule has 0 radical (unpaired) electrons. The van der Waals surface area contributed by atoms with Crippen LogP contribution < -0.4 is 4.90 Å². The number of hydrogen-bond acceptors (Lipinski definition) is 6. The van der Waals surface area contributed by atoms with Gasteiger partial charge in [0.15, 0.2) is 5.82 Å². The normalized spacial score (nSPS) is 20.9. The molecular weight excluding hydrogens is 438 g/mol. The molecule has 174 valence electrons. The molecule has 1 atom stereocenters. The third kappa shape index (κ3) is 4.49. The Morgan fingerprint density at radius 3 is 2.76 bits per heavy atom. The highest BCUT2D eigenvalue weighted by Crippen LogP contribution is 2.35. The van der Waals surface area contributed by atoms with E-state index in [4.69, 9.17) is 26.3 Å². The first kappa shape index (κ1) is 22.3. The molecule has 8 heteroatoms. The summed E-state index contributed by atoms with van der Waals surface area (Å²) in [5, 5.41) is 0.467. The first-order valence-corrected chi connectivity index (χ1v) is 12.3. The minimum Gasteiger partial charge on any atom is -0.377 e. The third-order valence-electron chi connectivity index (χ3n) is 6.91. The fraction of sp³-hybridized carbons (Fsp3) is 0.520. The van der Waals surface area contributed by atoms with Crippen molar-refractivity contribution in [1.82, 2.24) is 19.9 Å². The van der Waals surface area contributed by atoms with E-state index in [2.05, 4.69) is 35.0 Å². The Morgan fingerprint density at radius 1 is 1.18 bits per heavy atom. The highest BCUT2D eigenvalue weighted by Gasteiger charge is 2.28. The van der Waals surface area contributed by atoms with E-state index in [0.29, 0.717) is 36.5 Å². The SMILES string of the molecule is CCC(=O)N1CCC(c2cc(N3CCOC[C@H]3C)nc(-c3cc(Cl)nc4c3C=CC4)n2)CC1. The van der Waals surface area contributed by atoms with Gasteiger partial charge in [-0.05, 0) is 25.8 Å². The van der Waals surface area contributed by atoms with Crippen LogP contribution in [0.3, 0.4) is 0 Å². The van der Waals surface area contributed by atoms with Crippen molar-refractivity contribution in [1.29, 1.82) is 0 Å². The molecule has 1 amide bonds. The number of carbonyl (C=O) groups excluding carboxylic acids is 1. The lowest BCUT2D eigenvalue weighted by molar-refractivity contribution is -0.131. The van der Waals surface area contributed by atoms with Crippen LogP contribution in [0.4, 0.5) is 5.82 Å². The molecule has 0 saturated carbocycles. The number of halogens is 1. The van der Waals surface area contributed by atoms with Crippen LogP contribution in [0, 0.1) is 0 Å². The number of hydrogen-bond donors (Lipinski definition) is 0. The summed E-state index contributed by atoms with van der Waals surface area (Å²) in [5.74, 6) is 2.15. The fourth-order valence-electron chi connectivity index (χ4n) is 5.03. The van der Waals surface area contributed by atoms with Crippen LogP contribution in [0.1, 0.15) is 56.0 Å². The van der Waals surface area contributed by atoms with Crippen molar-refractivity contribution < 1.29 is 9.53 Å². The van der Waals surface area contributed by atoms with Gasteiger partial charge in [0.25, 0.3) is 0 Å². The second-order valence-electron chi connectivity index (χ2n) is 9.06. The molecule has 0 unspecified atom stereocenters. The molecule has 0 spiro atoms. The number of carbonyl (C=O) groups is 1. The molecule has 7 nitrogen and oxygen atoms in total. The van der Waals surface area contributed by atoms with Crippen molar-refractivity contribution in [3.05, 3.63) is 40.3 Å². The highest BCUT2D eigenvalue weighted by atomic mass is 35.5. The minimum absolute atomic E-state index is 0.230. The van der Waals surface area contributed by atoms with Gasteiger partial charge in [-0.15, -0.1) is 0 Å². The molecule has 5 rings (SSSR count). The second-order valence-corrected chi connectivity index (χ2v) is 9.45. The molecule has 2 aliphatic heterocycles. The number of piperidine rings is 1. The molecule has 1 aliphatic carbocycles. The van der Waals surface area contributed by atoms with Crippen LogP contribution >= 0.6 is 11.6 Å². The van der Waals surface area contributed by atoms with Gasteiger partial charge in [-0.1, -0.05) is 30.7 Å². The summed E-state index contributed by atoms with van der Waals surface area (Å²) in [4.78, 5) is 31.0. The third-order valence-corrected chi connectivity index (χ3v) is 7.10. The van der Waals surface area contributed by atoms with Crippen LogP contribution in [0.15, 0.2) is 18.2 Å². The summed E-state index contributed by atoms with van der Waals surface area (Å²) in [7, 11) is 0. The van der Waals surface area contributed by atoms with Gasteiger partial charge in [-0.25, -0.2) is 15.0 Å². The summed E-state index contributed by atoms with van der Waals surface area (Å²) in [6, 6.07) is 4.26. The van der Waals surface area contributed by atoms with Crippen molar-refractivity contribution in [2.75, 3.05) is 37.7 Å². The number of likely N-dealkylation sites (tertiary alicyclic amines) is 1. The van der Waals surface area contributed by atoms with Crippen LogP contribution in [0.25, 0.3) is 17.5 Å². The topological polar surface area (TPSA) is 71.5 Å². The fourth-order valence-corrected chi connectivity index (χ4v) is 5.24. The average Bonchev–Trinajstić information content (AvgIpc) is 3.31. The first-order valence-electron chi connectivity index (χ1n) is 11.9. The Bertz CT molecular complexity index is 1080. The summed E-state index contributed by atoms with van der Waals surface area (Å²) < 4.78 is 5.66. The molecule has 0 bridgehead atoms. The lowest BCUT2D eigenvalue weighted by Gasteiger charge is -2.35. The smallest absolute Gasteiger partial charge is 0.222 e. The van der Waals surface area contributed by atoms with Crippen molar-refractivity contribution >= 4 is 29.4 Å². The highest BCUT2D eigenvalue weighted by molar-refractivity contribution is 6.29. The number of anilines is 1. The van der Waals surface area contributed by atoms with Gasteiger partial charge in [0, 0.05) is 61.3 Å². The number of pyridine rings is 1. The molecule has 2 saturated heterocycles. The zero-order valence-corrected chi connectivity index (χ0v) is 20.0. The molecule has 0 aromatic carbocycles. The minimum atomic E-state index is 0.230. The van der Waals surface area contributed by atoms with E-state index in [-0.39, 0.29) is 11.9 Å². The lowest BCUT2D eigenvalue weighted by Crippen LogP contribution is -2.44. The van der Waals surface area contributed by atoms with Crippen molar-refractivity contribution in [2.24, 2.45) is 0 Å². The Kier molecular flexibility index (Phi) is 6.34. The molecule has 33 heavy (non-hydrogen) atoms. The van der Waals surface area contributed by atoms with Gasteiger partial charge in [-0.2, -0.15) is 0 Å². The monoisotopic (exact) mass is 467 g/mol. The van der Waals surface area contributed by atoms with Gasteiger partial charge >= 0.3 is 0 Å². The van der Waals surface area contributed by atoms with Crippen molar-refractivity contribution in [2.45, 2.75) is 51.5 Å². The maximum absolute atomic E-state index is 12.1. The van der Waals surface area contributed by atoms with E-state index in [1.54, 1.807) is 0 Å². The number of ether oxygens (including phenoxy) is 1. The standard InChI is InChI=1S/C25H30ClN5O2/c1-3-24(32)30-9-7-17(8-10-30)21-14-23(31-11-12-33-15-16(31)2)29-25(28-21)19-13-22(26)27-20-6-4-5-18(19)20/h4-5,13-14,16-17H,3,6-12,15H2,1-2H3/t16-/m1/s1. The van der Waals surface area contributed by atoms with Gasteiger partial charge in [-0.3, -0.25) is 4.79 Å². The van der Waals surface area contributed by atoms with E-state index in [9.17, 15) is 4.79 Å². The lowest BCUT2D eigenvalue weighted by atomic mass is 9.92. The van der Waals surface area contributed by atoms with E-state index >= 15 is 0 Å². The Labute approximate surface area is 199 Å². The van der Waals surface area contributed by atoms with Crippen molar-refractivity contribution in [3.8, 4) is 11.4 Å². The van der Waals surface area contributed by atoms with Gasteiger partial charge < -0.3 is 14.5 Å². The van der Waals surface area contributed by atoms with E-state index in [1.807, 2.05) is 17.9 Å². The van der Waals surface area contributed by atoms with E-state index in [1.165, 1.54) is 0 Å². The van der Waals surface area contributed by atoms with E-state index in [0.717, 1.165) is 67.2 Å². The average molecular weight is 468 g/mol. The van der Waals surface area contributed by atoms with Gasteiger partial charge in [0.05, 0.1) is 24.9 Å². The Hall–Kier alpha value is -2.51. The van der Waals surface area contributed by atoms with Gasteiger partial charge in [0.2, 0.25) is 5.91 Å². The number of amides is 1. The molecule has 0 N–H and O–H groups in total. The van der Waals surface area contributed by atoms with E-state index < -0.39 is 0 Å². The molecule has 2 aromatic heterocycles. The number of nitrogens with zero attached hydrogens (tertiary/aromatic N) is 5. The summed E-state index contributed by atoms with van der Waals surface area (Å²) in [5.41, 5.74) is 4.00. The Balaban J connectivity index is 1.54. The van der Waals surface area contributed by atoms with Gasteiger partial charge in [0.1, 0.15) is 11.0 Å². The molecule has 2 fully saturated rings. The molecule has 3 aliphatic rings. The summed E-state index contributed by atoms with van der Waals surface area (Å²) in [6.07, 6.45) is 7.36. The van der Waals surface area contributed by atoms with Crippen LogP contribution in [0.5, 0.6) is 0 Å². The molecular formula is C25H30ClN5O2.